The third-order valence-corrected chi connectivity index (χ3v) is 1.83. The molecule has 0 aliphatic heterocycles. The molecule has 0 radical (unpaired) electrons. The van der Waals surface area contributed by atoms with Crippen molar-refractivity contribution in [2.75, 3.05) is 13.2 Å². The normalized spacial score (nSPS) is 9.78. The lowest BCUT2D eigenvalue weighted by Gasteiger charge is -2.05. The van der Waals surface area contributed by atoms with Crippen LogP contribution in [0.3, 0.4) is 0 Å². The molecular formula is C14H20FNO2. The van der Waals surface area contributed by atoms with Crippen molar-refractivity contribution in [2.24, 2.45) is 0 Å². The minimum absolute atomic E-state index is 0.00653. The van der Waals surface area contributed by atoms with E-state index >= 15 is 0 Å². The molecule has 1 N–H and O–H groups in total. The van der Waals surface area contributed by atoms with Gasteiger partial charge in [-0.2, -0.15) is 5.54 Å². The Bertz CT molecular complexity index is 378. The van der Waals surface area contributed by atoms with Gasteiger partial charge in [-0.05, 0) is 30.7 Å². The molecule has 1 aromatic carbocycles. The van der Waals surface area contributed by atoms with Gasteiger partial charge in [0.2, 0.25) is 0 Å². The average molecular weight is 253 g/mol. The SMILES string of the molecule is CC.CC(=O)/C=C/c1cccc(OCCNF)c1. The van der Waals surface area contributed by atoms with E-state index in [2.05, 4.69) is 0 Å². The molecule has 1 aromatic rings. The number of ketones is 1. The zero-order valence-electron chi connectivity index (χ0n) is 11.1. The van der Waals surface area contributed by atoms with Gasteiger partial charge in [-0.15, -0.1) is 4.48 Å². The van der Waals surface area contributed by atoms with Crippen molar-refractivity contribution in [3.8, 4) is 5.75 Å². The van der Waals surface area contributed by atoms with Crippen LogP contribution in [0.5, 0.6) is 5.75 Å². The molecule has 0 aromatic heterocycles. The summed E-state index contributed by atoms with van der Waals surface area (Å²) in [6.45, 7) is 5.90. The lowest BCUT2D eigenvalue weighted by atomic mass is 10.2. The van der Waals surface area contributed by atoms with Crippen LogP contribution in [0.4, 0.5) is 4.48 Å². The fourth-order valence-corrected chi connectivity index (χ4v) is 1.13. The van der Waals surface area contributed by atoms with Crippen LogP contribution in [0.15, 0.2) is 30.3 Å². The summed E-state index contributed by atoms with van der Waals surface area (Å²) in [5, 5.41) is 0. The minimum Gasteiger partial charge on any atom is -0.492 e. The Hall–Kier alpha value is -1.68. The number of hydrogen-bond acceptors (Lipinski definition) is 3. The summed E-state index contributed by atoms with van der Waals surface area (Å²) >= 11 is 0. The van der Waals surface area contributed by atoms with Gasteiger partial charge in [0.25, 0.3) is 0 Å². The highest BCUT2D eigenvalue weighted by atomic mass is 19.2. The van der Waals surface area contributed by atoms with E-state index in [1.807, 2.05) is 26.0 Å². The second kappa shape index (κ2) is 10.5. The average Bonchev–Trinajstić information content (AvgIpc) is 2.40. The molecule has 0 aliphatic carbocycles. The third-order valence-electron chi connectivity index (χ3n) is 1.83. The summed E-state index contributed by atoms with van der Waals surface area (Å²) in [5.74, 6) is 0.647. The number of ether oxygens (including phenoxy) is 1. The molecule has 18 heavy (non-hydrogen) atoms. The van der Waals surface area contributed by atoms with Gasteiger partial charge in [0.1, 0.15) is 12.4 Å². The Labute approximate surface area is 108 Å². The Morgan fingerprint density at radius 3 is 2.78 bits per heavy atom. The molecule has 4 heteroatoms. The second-order valence-corrected chi connectivity index (χ2v) is 3.25. The first-order valence-electron chi connectivity index (χ1n) is 5.97. The first-order chi connectivity index (χ1) is 8.72. The molecule has 0 saturated carbocycles. The molecule has 0 spiro atoms. The first kappa shape index (κ1) is 16.3. The Morgan fingerprint density at radius 2 is 2.17 bits per heavy atom. The van der Waals surface area contributed by atoms with Crippen LogP contribution in [0, 0.1) is 0 Å². The molecule has 0 unspecified atom stereocenters. The highest BCUT2D eigenvalue weighted by Gasteiger charge is 1.94. The maximum Gasteiger partial charge on any atom is 0.152 e. The summed E-state index contributed by atoms with van der Waals surface area (Å²) in [6.07, 6.45) is 3.20. The van der Waals surface area contributed by atoms with Gasteiger partial charge >= 0.3 is 0 Å². The lowest BCUT2D eigenvalue weighted by molar-refractivity contribution is -0.112. The van der Waals surface area contributed by atoms with Crippen molar-refractivity contribution in [1.82, 2.24) is 5.54 Å². The van der Waals surface area contributed by atoms with Crippen molar-refractivity contribution in [3.63, 3.8) is 0 Å². The number of carbonyl (C=O) groups is 1. The van der Waals surface area contributed by atoms with Gasteiger partial charge in [-0.3, -0.25) is 4.79 Å². The largest absolute Gasteiger partial charge is 0.492 e. The van der Waals surface area contributed by atoms with E-state index in [0.717, 1.165) is 5.56 Å². The number of benzene rings is 1. The van der Waals surface area contributed by atoms with Crippen LogP contribution in [0.2, 0.25) is 0 Å². The molecule has 3 nitrogen and oxygen atoms in total. The van der Waals surface area contributed by atoms with E-state index in [-0.39, 0.29) is 18.9 Å². The van der Waals surface area contributed by atoms with Crippen molar-refractivity contribution >= 4 is 11.9 Å². The highest BCUT2D eigenvalue weighted by Crippen LogP contribution is 2.14. The Morgan fingerprint density at radius 1 is 1.44 bits per heavy atom. The van der Waals surface area contributed by atoms with E-state index in [0.29, 0.717) is 5.75 Å². The van der Waals surface area contributed by atoms with Crippen LogP contribution >= 0.6 is 0 Å². The quantitative estimate of drug-likeness (QED) is 0.481. The molecule has 0 aliphatic rings. The van der Waals surface area contributed by atoms with Gasteiger partial charge in [0.05, 0.1) is 6.54 Å². The number of nitrogens with one attached hydrogen (secondary N) is 1. The van der Waals surface area contributed by atoms with Gasteiger partial charge in [0, 0.05) is 0 Å². The van der Waals surface area contributed by atoms with E-state index in [1.54, 1.807) is 18.2 Å². The number of carbonyl (C=O) groups excluding carboxylic acids is 1. The molecule has 0 amide bonds. The van der Waals surface area contributed by atoms with Crippen molar-refractivity contribution in [3.05, 3.63) is 35.9 Å². The van der Waals surface area contributed by atoms with Crippen molar-refractivity contribution in [1.29, 1.82) is 0 Å². The number of halogens is 1. The Balaban J connectivity index is 0.00000137. The lowest BCUT2D eigenvalue weighted by Crippen LogP contribution is -2.12. The van der Waals surface area contributed by atoms with Crippen molar-refractivity contribution in [2.45, 2.75) is 20.8 Å². The standard InChI is InChI=1S/C12H14FNO2.C2H6/c1-10(15)5-6-11-3-2-4-12(9-11)16-8-7-14-13;1-2/h2-6,9,14H,7-8H2,1H3;1-2H3/b6-5+;. The molecule has 0 saturated heterocycles. The van der Waals surface area contributed by atoms with Gasteiger partial charge < -0.3 is 4.74 Å². The summed E-state index contributed by atoms with van der Waals surface area (Å²) in [6, 6.07) is 7.25. The topological polar surface area (TPSA) is 38.3 Å². The minimum atomic E-state index is -0.00653. The molecule has 1 rings (SSSR count). The predicted octanol–water partition coefficient (Wildman–Crippen LogP) is 3.17. The van der Waals surface area contributed by atoms with Crippen molar-refractivity contribution < 1.29 is 14.0 Å². The number of rotatable bonds is 6. The first-order valence-corrected chi connectivity index (χ1v) is 5.97. The van der Waals surface area contributed by atoms with Gasteiger partial charge in [-0.25, -0.2) is 0 Å². The third kappa shape index (κ3) is 7.57. The zero-order valence-corrected chi connectivity index (χ0v) is 11.1. The Kier molecular flexibility index (Phi) is 9.50. The maximum atomic E-state index is 11.6. The van der Waals surface area contributed by atoms with E-state index in [9.17, 15) is 9.28 Å². The fraction of sp³-hybridized carbons (Fsp3) is 0.357. The monoisotopic (exact) mass is 253 g/mol. The molecule has 0 heterocycles. The second-order valence-electron chi connectivity index (χ2n) is 3.25. The van der Waals surface area contributed by atoms with Gasteiger partial charge in [-0.1, -0.05) is 32.1 Å². The fourth-order valence-electron chi connectivity index (χ4n) is 1.13. The van der Waals surface area contributed by atoms with Crippen LogP contribution < -0.4 is 10.3 Å². The molecule has 0 fully saturated rings. The summed E-state index contributed by atoms with van der Waals surface area (Å²) in [7, 11) is 0. The highest BCUT2D eigenvalue weighted by molar-refractivity contribution is 5.91. The van der Waals surface area contributed by atoms with Crippen LogP contribution in [-0.4, -0.2) is 18.9 Å². The summed E-state index contributed by atoms with van der Waals surface area (Å²) in [4.78, 5) is 10.7. The summed E-state index contributed by atoms with van der Waals surface area (Å²) in [5.41, 5.74) is 2.38. The predicted molar refractivity (Wildman–Crippen MR) is 72.1 cm³/mol. The summed E-state index contributed by atoms with van der Waals surface area (Å²) < 4.78 is 16.9. The van der Waals surface area contributed by atoms with E-state index in [4.69, 9.17) is 4.74 Å². The molecule has 0 atom stereocenters. The zero-order chi connectivity index (χ0) is 13.8. The number of hydrogen-bond donors (Lipinski definition) is 1. The van der Waals surface area contributed by atoms with Crippen LogP contribution in [0.25, 0.3) is 6.08 Å². The molecule has 0 bridgehead atoms. The van der Waals surface area contributed by atoms with E-state index in [1.165, 1.54) is 18.5 Å². The number of allylic oxidation sites excluding steroid dienone is 1. The van der Waals surface area contributed by atoms with Crippen LogP contribution in [-0.2, 0) is 4.79 Å². The molecular weight excluding hydrogens is 233 g/mol. The molecule has 100 valence electrons. The van der Waals surface area contributed by atoms with Crippen LogP contribution in [0.1, 0.15) is 26.3 Å². The maximum absolute atomic E-state index is 11.6. The smallest absolute Gasteiger partial charge is 0.152 e. The van der Waals surface area contributed by atoms with E-state index < -0.39 is 0 Å². The van der Waals surface area contributed by atoms with Gasteiger partial charge in [0.15, 0.2) is 5.78 Å².